The number of nitro groups is 1. The number of hydrazone groups is 1. The molecular formula is C23H22N4O4S. The van der Waals surface area contributed by atoms with Crippen LogP contribution in [0.1, 0.15) is 16.7 Å². The van der Waals surface area contributed by atoms with Crippen molar-refractivity contribution >= 4 is 34.9 Å². The quantitative estimate of drug-likeness (QED) is 0.220. The monoisotopic (exact) mass is 450 g/mol. The normalized spacial score (nSPS) is 10.6. The number of aryl methyl sites for hydroxylation is 1. The Morgan fingerprint density at radius 3 is 2.62 bits per heavy atom. The molecule has 0 saturated heterocycles. The van der Waals surface area contributed by atoms with E-state index < -0.39 is 4.92 Å². The van der Waals surface area contributed by atoms with Gasteiger partial charge in [0.25, 0.3) is 5.69 Å². The maximum Gasteiger partial charge on any atom is 0.272 e. The largest absolute Gasteiger partial charge is 0.496 e. The zero-order chi connectivity index (χ0) is 22.9. The lowest BCUT2D eigenvalue weighted by Gasteiger charge is -2.12. The zero-order valence-corrected chi connectivity index (χ0v) is 18.4. The van der Waals surface area contributed by atoms with E-state index in [2.05, 4.69) is 15.8 Å². The molecule has 0 atom stereocenters. The lowest BCUT2D eigenvalue weighted by atomic mass is 10.1. The topological polar surface area (TPSA) is 98.0 Å². The first-order valence-electron chi connectivity index (χ1n) is 9.66. The Morgan fingerprint density at radius 2 is 1.94 bits per heavy atom. The van der Waals surface area contributed by atoms with Crippen molar-refractivity contribution in [1.29, 1.82) is 0 Å². The molecule has 3 rings (SSSR count). The fraction of sp³-hybridized carbons (Fsp3) is 0.130. The summed E-state index contributed by atoms with van der Waals surface area (Å²) in [5.41, 5.74) is 5.86. The van der Waals surface area contributed by atoms with Gasteiger partial charge in [-0.2, -0.15) is 5.10 Å². The van der Waals surface area contributed by atoms with Crippen molar-refractivity contribution in [3.8, 4) is 11.5 Å². The van der Waals surface area contributed by atoms with Crippen LogP contribution in [0, 0.1) is 17.0 Å². The third kappa shape index (κ3) is 6.26. The second-order valence-electron chi connectivity index (χ2n) is 6.76. The van der Waals surface area contributed by atoms with Crippen molar-refractivity contribution in [2.45, 2.75) is 13.5 Å². The second-order valence-corrected chi connectivity index (χ2v) is 7.16. The molecule has 0 radical (unpaired) electrons. The summed E-state index contributed by atoms with van der Waals surface area (Å²) in [4.78, 5) is 10.6. The molecule has 0 bridgehead atoms. The third-order valence-electron chi connectivity index (χ3n) is 4.48. The third-order valence-corrected chi connectivity index (χ3v) is 4.67. The fourth-order valence-corrected chi connectivity index (χ4v) is 3.09. The Balaban J connectivity index is 1.63. The van der Waals surface area contributed by atoms with E-state index in [1.165, 1.54) is 6.07 Å². The molecule has 0 aromatic heterocycles. The number of nitrogens with one attached hydrogen (secondary N) is 2. The summed E-state index contributed by atoms with van der Waals surface area (Å²) in [5.74, 6) is 1.20. The number of methoxy groups -OCH3 is 1. The molecule has 164 valence electrons. The summed E-state index contributed by atoms with van der Waals surface area (Å²) in [6.45, 7) is 1.90. The molecule has 0 heterocycles. The number of hydrogen-bond acceptors (Lipinski definition) is 6. The summed E-state index contributed by atoms with van der Waals surface area (Å²) in [5, 5.41) is 18.5. The van der Waals surface area contributed by atoms with E-state index >= 15 is 0 Å². The van der Waals surface area contributed by atoms with Crippen LogP contribution in [-0.4, -0.2) is 23.4 Å². The number of anilines is 1. The molecule has 0 aliphatic carbocycles. The van der Waals surface area contributed by atoms with Crippen LogP contribution >= 0.6 is 12.2 Å². The molecule has 0 saturated carbocycles. The van der Waals surface area contributed by atoms with Gasteiger partial charge in [-0.15, -0.1) is 0 Å². The van der Waals surface area contributed by atoms with E-state index in [1.807, 2.05) is 48.5 Å². The van der Waals surface area contributed by atoms with Crippen LogP contribution in [0.15, 0.2) is 71.8 Å². The van der Waals surface area contributed by atoms with Crippen molar-refractivity contribution in [3.63, 3.8) is 0 Å². The predicted octanol–water partition coefficient (Wildman–Crippen LogP) is 4.81. The van der Waals surface area contributed by atoms with Crippen molar-refractivity contribution in [3.05, 3.63) is 93.5 Å². The van der Waals surface area contributed by atoms with Gasteiger partial charge >= 0.3 is 0 Å². The number of hydrogen-bond donors (Lipinski definition) is 2. The summed E-state index contributed by atoms with van der Waals surface area (Å²) < 4.78 is 11.2. The van der Waals surface area contributed by atoms with Crippen molar-refractivity contribution < 1.29 is 14.4 Å². The number of benzene rings is 3. The van der Waals surface area contributed by atoms with E-state index in [4.69, 9.17) is 21.7 Å². The molecule has 0 spiro atoms. The Bertz CT molecular complexity index is 1140. The van der Waals surface area contributed by atoms with Crippen LogP contribution in [-0.2, 0) is 6.61 Å². The average Bonchev–Trinajstić information content (AvgIpc) is 2.78. The maximum atomic E-state index is 11.0. The highest BCUT2D eigenvalue weighted by Crippen LogP contribution is 2.25. The molecule has 9 heteroatoms. The molecule has 0 aliphatic rings. The van der Waals surface area contributed by atoms with Gasteiger partial charge < -0.3 is 14.8 Å². The number of para-hydroxylation sites is 1. The number of rotatable bonds is 8. The first kappa shape index (κ1) is 22.7. The Hall–Kier alpha value is -3.98. The smallest absolute Gasteiger partial charge is 0.272 e. The highest BCUT2D eigenvalue weighted by atomic mass is 32.1. The van der Waals surface area contributed by atoms with E-state index in [9.17, 15) is 10.1 Å². The molecule has 3 aromatic carbocycles. The van der Waals surface area contributed by atoms with Gasteiger partial charge in [-0.25, -0.2) is 0 Å². The molecule has 3 aromatic rings. The summed E-state index contributed by atoms with van der Waals surface area (Å²) >= 11 is 5.23. The molecule has 8 nitrogen and oxygen atoms in total. The first-order valence-corrected chi connectivity index (χ1v) is 10.1. The summed E-state index contributed by atoms with van der Waals surface area (Å²) in [6.07, 6.45) is 1.64. The number of nitrogens with zero attached hydrogens (tertiary/aromatic N) is 2. The molecule has 0 fully saturated rings. The van der Waals surface area contributed by atoms with E-state index in [1.54, 1.807) is 32.4 Å². The SMILES string of the molecule is COc1ccc(/C=N\NC(=S)Nc2ccccc2)cc1COc1ccc([N+](=O)[O-])c(C)c1. The van der Waals surface area contributed by atoms with Gasteiger partial charge in [0.15, 0.2) is 5.11 Å². The minimum atomic E-state index is -0.417. The van der Waals surface area contributed by atoms with Crippen LogP contribution < -0.4 is 20.2 Å². The van der Waals surface area contributed by atoms with Gasteiger partial charge in [0.05, 0.1) is 18.2 Å². The summed E-state index contributed by atoms with van der Waals surface area (Å²) in [6, 6.07) is 19.8. The molecule has 0 aliphatic heterocycles. The molecular weight excluding hydrogens is 428 g/mol. The van der Waals surface area contributed by atoms with Crippen LogP contribution in [0.2, 0.25) is 0 Å². The Morgan fingerprint density at radius 1 is 1.16 bits per heavy atom. The van der Waals surface area contributed by atoms with Crippen molar-refractivity contribution in [1.82, 2.24) is 5.43 Å². The lowest BCUT2D eigenvalue weighted by Crippen LogP contribution is -2.23. The van der Waals surface area contributed by atoms with Crippen LogP contribution in [0.4, 0.5) is 11.4 Å². The number of ether oxygens (including phenoxy) is 2. The highest BCUT2D eigenvalue weighted by molar-refractivity contribution is 7.80. The maximum absolute atomic E-state index is 11.0. The van der Waals surface area contributed by atoms with Gasteiger partial charge in [0, 0.05) is 22.9 Å². The second kappa shape index (κ2) is 10.9. The van der Waals surface area contributed by atoms with Gasteiger partial charge in [0.1, 0.15) is 18.1 Å². The highest BCUT2D eigenvalue weighted by Gasteiger charge is 2.11. The number of thiocarbonyl (C=S) groups is 1. The van der Waals surface area contributed by atoms with Gasteiger partial charge in [0.2, 0.25) is 0 Å². The zero-order valence-electron chi connectivity index (χ0n) is 17.6. The number of nitro benzene ring substituents is 1. The Kier molecular flexibility index (Phi) is 7.71. The van der Waals surface area contributed by atoms with Gasteiger partial charge in [-0.1, -0.05) is 18.2 Å². The van der Waals surface area contributed by atoms with E-state index in [0.717, 1.165) is 16.8 Å². The summed E-state index contributed by atoms with van der Waals surface area (Å²) in [7, 11) is 1.58. The van der Waals surface area contributed by atoms with Crippen LogP contribution in [0.3, 0.4) is 0 Å². The molecule has 0 amide bonds. The minimum absolute atomic E-state index is 0.0558. The van der Waals surface area contributed by atoms with Crippen molar-refractivity contribution in [2.24, 2.45) is 5.10 Å². The molecule has 2 N–H and O–H groups in total. The van der Waals surface area contributed by atoms with Crippen molar-refractivity contribution in [2.75, 3.05) is 12.4 Å². The molecule has 32 heavy (non-hydrogen) atoms. The average molecular weight is 451 g/mol. The fourth-order valence-electron chi connectivity index (χ4n) is 2.92. The van der Waals surface area contributed by atoms with Gasteiger partial charge in [-0.05, 0) is 67.2 Å². The lowest BCUT2D eigenvalue weighted by molar-refractivity contribution is -0.385. The Labute approximate surface area is 191 Å². The standard InChI is InChI=1S/C23H22N4O4S/c1-16-12-20(9-10-21(16)27(28)29)31-15-18-13-17(8-11-22(18)30-2)14-24-26-23(32)25-19-6-4-3-5-7-19/h3-14H,15H2,1-2H3,(H2,25,26,32)/b24-14-. The first-order chi connectivity index (χ1) is 15.5. The van der Waals surface area contributed by atoms with Crippen LogP contribution in [0.25, 0.3) is 0 Å². The predicted molar refractivity (Wildman–Crippen MR) is 129 cm³/mol. The van der Waals surface area contributed by atoms with E-state index in [0.29, 0.717) is 22.2 Å². The molecule has 0 unspecified atom stereocenters. The van der Waals surface area contributed by atoms with E-state index in [-0.39, 0.29) is 12.3 Å². The van der Waals surface area contributed by atoms with Crippen LogP contribution in [0.5, 0.6) is 11.5 Å². The van der Waals surface area contributed by atoms with Gasteiger partial charge in [-0.3, -0.25) is 15.5 Å². The minimum Gasteiger partial charge on any atom is -0.496 e.